The number of pyridine rings is 1. The topological polar surface area (TPSA) is 89.0 Å². The van der Waals surface area contributed by atoms with Crippen LogP contribution in [0.15, 0.2) is 78.6 Å². The molecular weight excluding hydrogens is 432 g/mol. The molecule has 4 rings (SSSR count). The van der Waals surface area contributed by atoms with Crippen molar-refractivity contribution in [3.8, 4) is 11.5 Å². The number of likely N-dealkylation sites (tertiary alicyclic amines) is 1. The maximum atomic E-state index is 13.2. The minimum Gasteiger partial charge on any atom is -0.507 e. The van der Waals surface area contributed by atoms with Crippen molar-refractivity contribution in [1.82, 2.24) is 9.88 Å². The normalized spacial score (nSPS) is 17.1. The van der Waals surface area contributed by atoms with E-state index in [1.54, 1.807) is 80.2 Å². The van der Waals surface area contributed by atoms with E-state index in [-0.39, 0.29) is 17.9 Å². The highest BCUT2D eigenvalue weighted by molar-refractivity contribution is 6.46. The molecule has 1 fully saturated rings. The second-order valence-corrected chi connectivity index (χ2v) is 7.93. The molecule has 0 spiro atoms. The number of benzene rings is 2. The molecule has 1 atom stereocenters. The summed E-state index contributed by atoms with van der Waals surface area (Å²) in [7, 11) is 1.57. The molecule has 1 amide bonds. The van der Waals surface area contributed by atoms with Crippen molar-refractivity contribution < 1.29 is 24.2 Å². The van der Waals surface area contributed by atoms with Gasteiger partial charge in [-0.1, -0.05) is 19.1 Å². The van der Waals surface area contributed by atoms with Gasteiger partial charge < -0.3 is 19.5 Å². The van der Waals surface area contributed by atoms with Gasteiger partial charge in [0.1, 0.15) is 17.3 Å². The van der Waals surface area contributed by atoms with Crippen LogP contribution in [-0.4, -0.2) is 40.4 Å². The number of hydrogen-bond acceptors (Lipinski definition) is 6. The molecule has 0 aliphatic carbocycles. The number of Topliss-reactive ketones (excluding diaryl/α,β-unsaturated/α-hetero) is 1. The van der Waals surface area contributed by atoms with Crippen molar-refractivity contribution in [2.45, 2.75) is 25.9 Å². The zero-order valence-electron chi connectivity index (χ0n) is 19.1. The zero-order valence-corrected chi connectivity index (χ0v) is 19.1. The number of amides is 1. The lowest BCUT2D eigenvalue weighted by Gasteiger charge is -2.25. The zero-order chi connectivity index (χ0) is 24.1. The molecule has 0 saturated carbocycles. The standard InChI is InChI=1S/C27H26N2O5/c1-3-16-34-22-10-6-20(7-11-22)25(30)23-24(19-4-8-21(33-2)9-5-19)29(27(32)26(23)31)17-18-12-14-28-15-13-18/h4-15,24,30H,3,16-17H2,1-2H3/b25-23+. The number of carbonyl (C=O) groups excluding carboxylic acids is 2. The molecule has 1 N–H and O–H groups in total. The molecule has 2 heterocycles. The third-order valence-electron chi connectivity index (χ3n) is 5.67. The lowest BCUT2D eigenvalue weighted by Crippen LogP contribution is -2.29. The van der Waals surface area contributed by atoms with E-state index in [1.165, 1.54) is 4.90 Å². The van der Waals surface area contributed by atoms with Crippen LogP contribution < -0.4 is 9.47 Å². The van der Waals surface area contributed by atoms with E-state index in [9.17, 15) is 14.7 Å². The first-order valence-electron chi connectivity index (χ1n) is 11.1. The van der Waals surface area contributed by atoms with Gasteiger partial charge >= 0.3 is 0 Å². The van der Waals surface area contributed by atoms with Gasteiger partial charge in [0.05, 0.1) is 25.3 Å². The Balaban J connectivity index is 1.78. The van der Waals surface area contributed by atoms with Crippen LogP contribution in [-0.2, 0) is 16.1 Å². The SMILES string of the molecule is CCCOc1ccc(/C(O)=C2\C(=O)C(=O)N(Cc3ccncc3)C2c2ccc(OC)cc2)cc1. The summed E-state index contributed by atoms with van der Waals surface area (Å²) in [4.78, 5) is 31.8. The van der Waals surface area contributed by atoms with Gasteiger partial charge in [-0.2, -0.15) is 0 Å². The summed E-state index contributed by atoms with van der Waals surface area (Å²) in [5, 5.41) is 11.2. The van der Waals surface area contributed by atoms with Crippen molar-refractivity contribution in [2.24, 2.45) is 0 Å². The first-order valence-corrected chi connectivity index (χ1v) is 11.1. The second-order valence-electron chi connectivity index (χ2n) is 7.93. The predicted octanol–water partition coefficient (Wildman–Crippen LogP) is 4.50. The maximum Gasteiger partial charge on any atom is 0.295 e. The minimum atomic E-state index is -0.755. The number of aromatic nitrogens is 1. The Bertz CT molecular complexity index is 1190. The van der Waals surface area contributed by atoms with Gasteiger partial charge in [0, 0.05) is 24.5 Å². The maximum absolute atomic E-state index is 13.2. The van der Waals surface area contributed by atoms with Crippen LogP contribution in [0.2, 0.25) is 0 Å². The molecule has 7 heteroatoms. The molecule has 7 nitrogen and oxygen atoms in total. The molecular formula is C27H26N2O5. The first-order chi connectivity index (χ1) is 16.5. The summed E-state index contributed by atoms with van der Waals surface area (Å²) in [5.41, 5.74) is 2.00. The van der Waals surface area contributed by atoms with E-state index >= 15 is 0 Å². The fourth-order valence-corrected chi connectivity index (χ4v) is 3.95. The molecule has 1 aliphatic rings. The molecule has 2 aromatic carbocycles. The number of aliphatic hydroxyl groups is 1. The van der Waals surface area contributed by atoms with Crippen LogP contribution >= 0.6 is 0 Å². The summed E-state index contributed by atoms with van der Waals surface area (Å²) < 4.78 is 10.9. The Hall–Kier alpha value is -4.13. The van der Waals surface area contributed by atoms with Crippen molar-refractivity contribution >= 4 is 17.4 Å². The highest BCUT2D eigenvalue weighted by Gasteiger charge is 2.46. The summed E-state index contributed by atoms with van der Waals surface area (Å²) in [6.45, 7) is 2.80. The van der Waals surface area contributed by atoms with Crippen molar-refractivity contribution in [2.75, 3.05) is 13.7 Å². The number of ether oxygens (including phenoxy) is 2. The summed E-state index contributed by atoms with van der Waals surface area (Å²) in [6, 6.07) is 16.8. The van der Waals surface area contributed by atoms with E-state index in [0.29, 0.717) is 29.2 Å². The van der Waals surface area contributed by atoms with Crippen LogP contribution in [0.3, 0.4) is 0 Å². The molecule has 0 bridgehead atoms. The van der Waals surface area contributed by atoms with Gasteiger partial charge in [0.2, 0.25) is 0 Å². The summed E-state index contributed by atoms with van der Waals surface area (Å²) >= 11 is 0. The van der Waals surface area contributed by atoms with Crippen LogP contribution in [0.4, 0.5) is 0 Å². The Morgan fingerprint density at radius 2 is 1.62 bits per heavy atom. The van der Waals surface area contributed by atoms with E-state index in [2.05, 4.69) is 4.98 Å². The second kappa shape index (κ2) is 10.2. The van der Waals surface area contributed by atoms with Gasteiger partial charge in [-0.25, -0.2) is 0 Å². The van der Waals surface area contributed by atoms with Gasteiger partial charge in [0.25, 0.3) is 11.7 Å². The number of hydrogen-bond donors (Lipinski definition) is 1. The van der Waals surface area contributed by atoms with E-state index in [0.717, 1.165) is 12.0 Å². The number of carbonyl (C=O) groups is 2. The molecule has 1 saturated heterocycles. The fraction of sp³-hybridized carbons (Fsp3) is 0.222. The summed E-state index contributed by atoms with van der Waals surface area (Å²) in [5.74, 6) is -0.292. The molecule has 0 radical (unpaired) electrons. The largest absolute Gasteiger partial charge is 0.507 e. The van der Waals surface area contributed by atoms with Crippen LogP contribution in [0.25, 0.3) is 5.76 Å². The minimum absolute atomic E-state index is 0.0476. The Morgan fingerprint density at radius 3 is 2.24 bits per heavy atom. The van der Waals surface area contributed by atoms with Crippen molar-refractivity contribution in [3.05, 3.63) is 95.3 Å². The number of aliphatic hydroxyl groups excluding tert-OH is 1. The Kier molecular flexibility index (Phi) is 6.92. The van der Waals surface area contributed by atoms with Crippen LogP contribution in [0.1, 0.15) is 36.1 Å². The summed E-state index contributed by atoms with van der Waals surface area (Å²) in [6.07, 6.45) is 4.15. The molecule has 1 unspecified atom stereocenters. The highest BCUT2D eigenvalue weighted by Crippen LogP contribution is 2.40. The average molecular weight is 459 g/mol. The van der Waals surface area contributed by atoms with Gasteiger partial charge in [-0.15, -0.1) is 0 Å². The fourth-order valence-electron chi connectivity index (χ4n) is 3.95. The van der Waals surface area contributed by atoms with Crippen LogP contribution in [0.5, 0.6) is 11.5 Å². The number of rotatable bonds is 8. The molecule has 34 heavy (non-hydrogen) atoms. The quantitative estimate of drug-likeness (QED) is 0.304. The Morgan fingerprint density at radius 1 is 0.971 bits per heavy atom. The lowest BCUT2D eigenvalue weighted by molar-refractivity contribution is -0.140. The number of methoxy groups -OCH3 is 1. The monoisotopic (exact) mass is 458 g/mol. The van der Waals surface area contributed by atoms with Crippen molar-refractivity contribution in [3.63, 3.8) is 0 Å². The molecule has 3 aromatic rings. The molecule has 1 aliphatic heterocycles. The third kappa shape index (κ3) is 4.64. The van der Waals surface area contributed by atoms with Crippen molar-refractivity contribution in [1.29, 1.82) is 0 Å². The lowest BCUT2D eigenvalue weighted by atomic mass is 9.95. The smallest absolute Gasteiger partial charge is 0.295 e. The Labute approximate surface area is 198 Å². The highest BCUT2D eigenvalue weighted by atomic mass is 16.5. The third-order valence-corrected chi connectivity index (χ3v) is 5.67. The van der Waals surface area contributed by atoms with Gasteiger partial charge in [-0.05, 0) is 66.1 Å². The van der Waals surface area contributed by atoms with Crippen LogP contribution in [0, 0.1) is 0 Å². The predicted molar refractivity (Wildman–Crippen MR) is 127 cm³/mol. The molecule has 174 valence electrons. The van der Waals surface area contributed by atoms with E-state index in [4.69, 9.17) is 9.47 Å². The average Bonchev–Trinajstić information content (AvgIpc) is 3.13. The van der Waals surface area contributed by atoms with Gasteiger partial charge in [0.15, 0.2) is 0 Å². The number of nitrogens with zero attached hydrogens (tertiary/aromatic N) is 2. The van der Waals surface area contributed by atoms with E-state index < -0.39 is 17.7 Å². The van der Waals surface area contributed by atoms with Gasteiger partial charge in [-0.3, -0.25) is 14.6 Å². The number of ketones is 1. The molecule has 1 aromatic heterocycles. The first kappa shape index (κ1) is 23.0. The van der Waals surface area contributed by atoms with E-state index in [1.807, 2.05) is 6.92 Å².